The van der Waals surface area contributed by atoms with Crippen molar-refractivity contribution in [1.29, 1.82) is 0 Å². The topological polar surface area (TPSA) is 113 Å². The van der Waals surface area contributed by atoms with Crippen LogP contribution < -0.4 is 8.92 Å². The average Bonchev–Trinajstić information content (AvgIpc) is 2.57. The molecule has 0 aliphatic rings. The number of carbonyl (C=O) groups is 1. The molecule has 0 bridgehead atoms. The number of rotatable bonds is 7. The van der Waals surface area contributed by atoms with Crippen LogP contribution in [0, 0.1) is 13.7 Å². The van der Waals surface area contributed by atoms with Gasteiger partial charge in [0, 0.05) is 11.6 Å². The van der Waals surface area contributed by atoms with Gasteiger partial charge in [0.05, 0.1) is 15.1 Å². The molecule has 0 aliphatic carbocycles. The lowest BCUT2D eigenvalue weighted by molar-refractivity contribution is -0.387. The molecule has 25 heavy (non-hydrogen) atoms. The minimum Gasteiger partial charge on any atom is -0.490 e. The van der Waals surface area contributed by atoms with Crippen molar-refractivity contribution in [2.45, 2.75) is 11.8 Å². The third-order valence-electron chi connectivity index (χ3n) is 2.99. The Morgan fingerprint density at radius 1 is 1.28 bits per heavy atom. The van der Waals surface area contributed by atoms with Gasteiger partial charge in [-0.2, -0.15) is 8.42 Å². The Labute approximate surface area is 157 Å². The van der Waals surface area contributed by atoms with E-state index in [2.05, 4.69) is 0 Å². The van der Waals surface area contributed by atoms with Crippen molar-refractivity contribution in [3.63, 3.8) is 0 Å². The maximum absolute atomic E-state index is 12.5. The fourth-order valence-electron chi connectivity index (χ4n) is 1.97. The number of para-hydroxylation sites is 1. The van der Waals surface area contributed by atoms with Crippen molar-refractivity contribution in [3.05, 3.63) is 55.6 Å². The lowest BCUT2D eigenvalue weighted by Gasteiger charge is -2.14. The van der Waals surface area contributed by atoms with Crippen LogP contribution in [0.25, 0.3) is 0 Å². The molecule has 8 nitrogen and oxygen atoms in total. The first-order valence-corrected chi connectivity index (χ1v) is 9.38. The van der Waals surface area contributed by atoms with Crippen LogP contribution in [0.2, 0.25) is 0 Å². The molecular weight excluding hydrogens is 465 g/mol. The molecule has 0 atom stereocenters. The molecule has 10 heteroatoms. The molecule has 0 saturated carbocycles. The van der Waals surface area contributed by atoms with Crippen LogP contribution in [0.4, 0.5) is 5.69 Å². The second kappa shape index (κ2) is 7.78. The molecule has 0 saturated heterocycles. The molecule has 0 heterocycles. The Morgan fingerprint density at radius 3 is 2.56 bits per heavy atom. The Balaban J connectivity index is 2.55. The van der Waals surface area contributed by atoms with Crippen LogP contribution in [0.5, 0.6) is 11.5 Å². The van der Waals surface area contributed by atoms with Crippen LogP contribution >= 0.6 is 22.6 Å². The summed E-state index contributed by atoms with van der Waals surface area (Å²) in [5.74, 6) is -0.0788. The summed E-state index contributed by atoms with van der Waals surface area (Å²) >= 11 is 1.79. The van der Waals surface area contributed by atoms with Crippen molar-refractivity contribution in [2.75, 3.05) is 6.61 Å². The molecule has 0 N–H and O–H groups in total. The molecule has 2 aromatic rings. The first kappa shape index (κ1) is 19.1. The monoisotopic (exact) mass is 477 g/mol. The number of halogens is 1. The lowest BCUT2D eigenvalue weighted by atomic mass is 10.2. The second-order valence-corrected chi connectivity index (χ2v) is 7.32. The number of hydrogen-bond donors (Lipinski definition) is 0. The van der Waals surface area contributed by atoms with Gasteiger partial charge in [-0.25, -0.2) is 0 Å². The van der Waals surface area contributed by atoms with Crippen molar-refractivity contribution < 1.29 is 27.1 Å². The third-order valence-corrected chi connectivity index (χ3v) is 5.06. The summed E-state index contributed by atoms with van der Waals surface area (Å²) in [5.41, 5.74) is -0.316. The largest absolute Gasteiger partial charge is 0.490 e. The van der Waals surface area contributed by atoms with E-state index in [1.54, 1.807) is 29.5 Å². The van der Waals surface area contributed by atoms with E-state index in [1.807, 2.05) is 0 Å². The number of carbonyl (C=O) groups excluding carboxylic acids is 1. The Bertz CT molecular complexity index is 927. The van der Waals surface area contributed by atoms with Gasteiger partial charge in [-0.3, -0.25) is 14.9 Å². The highest BCUT2D eigenvalue weighted by Crippen LogP contribution is 2.37. The minimum absolute atomic E-state index is 0.0543. The SMILES string of the molecule is CCOc1cc(C=O)cc(I)c1OS(=O)(=O)c1ccccc1[N+](=O)[O-]. The Kier molecular flexibility index (Phi) is 5.95. The molecule has 2 aromatic carbocycles. The molecule has 0 aromatic heterocycles. The third kappa shape index (κ3) is 4.25. The van der Waals surface area contributed by atoms with E-state index in [0.717, 1.165) is 12.1 Å². The number of nitro benzene ring substituents is 1. The molecule has 0 radical (unpaired) electrons. The van der Waals surface area contributed by atoms with E-state index in [4.69, 9.17) is 8.92 Å². The predicted octanol–water partition coefficient (Wildman–Crippen LogP) is 3.18. The van der Waals surface area contributed by atoms with E-state index >= 15 is 0 Å². The number of nitrogens with zero attached hydrogens (tertiary/aromatic N) is 1. The predicted molar refractivity (Wildman–Crippen MR) is 96.6 cm³/mol. The van der Waals surface area contributed by atoms with Crippen molar-refractivity contribution >= 4 is 44.7 Å². The van der Waals surface area contributed by atoms with Gasteiger partial charge in [-0.15, -0.1) is 0 Å². The van der Waals surface area contributed by atoms with E-state index in [-0.39, 0.29) is 23.7 Å². The second-order valence-electron chi connectivity index (χ2n) is 4.64. The Hall–Kier alpha value is -2.21. The smallest absolute Gasteiger partial charge is 0.346 e. The van der Waals surface area contributed by atoms with E-state index in [1.165, 1.54) is 24.3 Å². The van der Waals surface area contributed by atoms with Crippen LogP contribution in [0.15, 0.2) is 41.3 Å². The first-order valence-electron chi connectivity index (χ1n) is 6.89. The van der Waals surface area contributed by atoms with Gasteiger partial charge in [0.2, 0.25) is 0 Å². The van der Waals surface area contributed by atoms with Crippen LogP contribution in [-0.4, -0.2) is 26.2 Å². The van der Waals surface area contributed by atoms with E-state index in [9.17, 15) is 23.3 Å². The first-order chi connectivity index (χ1) is 11.8. The van der Waals surface area contributed by atoms with Crippen molar-refractivity contribution in [1.82, 2.24) is 0 Å². The maximum Gasteiger partial charge on any atom is 0.346 e. The molecule has 0 unspecified atom stereocenters. The van der Waals surface area contributed by atoms with Gasteiger partial charge in [-0.1, -0.05) is 12.1 Å². The quantitative estimate of drug-likeness (QED) is 0.198. The number of hydrogen-bond acceptors (Lipinski definition) is 7. The summed E-state index contributed by atoms with van der Waals surface area (Å²) in [6.07, 6.45) is 0.588. The fourth-order valence-corrected chi connectivity index (χ4v) is 3.98. The molecule has 2 rings (SSSR count). The normalized spacial score (nSPS) is 11.0. The number of nitro groups is 1. The summed E-state index contributed by atoms with van der Waals surface area (Å²) in [6.45, 7) is 1.89. The summed E-state index contributed by atoms with van der Waals surface area (Å²) in [7, 11) is -4.49. The number of ether oxygens (including phenoxy) is 1. The Morgan fingerprint density at radius 2 is 1.96 bits per heavy atom. The molecular formula is C15H12INO7S. The van der Waals surface area contributed by atoms with Crippen molar-refractivity contribution in [2.24, 2.45) is 0 Å². The minimum atomic E-state index is -4.49. The summed E-state index contributed by atoms with van der Waals surface area (Å²) in [4.78, 5) is 20.6. The molecule has 132 valence electrons. The van der Waals surface area contributed by atoms with Gasteiger partial charge < -0.3 is 8.92 Å². The molecule has 0 amide bonds. The molecule has 0 spiro atoms. The van der Waals surface area contributed by atoms with Crippen molar-refractivity contribution in [3.8, 4) is 11.5 Å². The fraction of sp³-hybridized carbons (Fsp3) is 0.133. The van der Waals surface area contributed by atoms with Crippen LogP contribution in [-0.2, 0) is 10.1 Å². The zero-order valence-corrected chi connectivity index (χ0v) is 15.8. The van der Waals surface area contributed by atoms with Gasteiger partial charge in [-0.05, 0) is 47.7 Å². The summed E-state index contributed by atoms with van der Waals surface area (Å²) < 4.78 is 35.8. The van der Waals surface area contributed by atoms with Crippen LogP contribution in [0.3, 0.4) is 0 Å². The molecule has 0 fully saturated rings. The zero-order chi connectivity index (χ0) is 18.6. The lowest BCUT2D eigenvalue weighted by Crippen LogP contribution is -2.13. The number of benzene rings is 2. The summed E-state index contributed by atoms with van der Waals surface area (Å²) in [5, 5.41) is 11.1. The number of aldehydes is 1. The highest BCUT2D eigenvalue weighted by atomic mass is 127. The zero-order valence-electron chi connectivity index (χ0n) is 12.8. The van der Waals surface area contributed by atoms with Gasteiger partial charge in [0.25, 0.3) is 5.69 Å². The molecule has 0 aliphatic heterocycles. The maximum atomic E-state index is 12.5. The van der Waals surface area contributed by atoms with E-state index in [0.29, 0.717) is 9.86 Å². The van der Waals surface area contributed by atoms with Gasteiger partial charge >= 0.3 is 10.1 Å². The average molecular weight is 477 g/mol. The highest BCUT2D eigenvalue weighted by molar-refractivity contribution is 14.1. The van der Waals surface area contributed by atoms with Crippen LogP contribution in [0.1, 0.15) is 17.3 Å². The van der Waals surface area contributed by atoms with E-state index < -0.39 is 25.6 Å². The summed E-state index contributed by atoms with van der Waals surface area (Å²) in [6, 6.07) is 7.61. The standard InChI is InChI=1S/C15H12INO7S/c1-2-23-13-8-10(9-18)7-11(16)15(13)24-25(21,22)14-6-4-3-5-12(14)17(19)20/h3-9H,2H2,1H3. The highest BCUT2D eigenvalue weighted by Gasteiger charge is 2.29. The van der Waals surface area contributed by atoms with Gasteiger partial charge in [0.1, 0.15) is 6.29 Å². The van der Waals surface area contributed by atoms with Gasteiger partial charge in [0.15, 0.2) is 16.4 Å².